The fourth-order valence-corrected chi connectivity index (χ4v) is 1.65. The summed E-state index contributed by atoms with van der Waals surface area (Å²) in [5, 5.41) is 18.0. The Morgan fingerprint density at radius 1 is 1.33 bits per heavy atom. The molecule has 0 radical (unpaired) electrons. The lowest BCUT2D eigenvalue weighted by molar-refractivity contribution is -0.402. The SMILES string of the molecule is O=[N+]([O-])c1ccc(/C=N\NC(=S)Nc2ccc(Cl)cc2)o1. The molecule has 0 amide bonds. The highest BCUT2D eigenvalue weighted by Gasteiger charge is 2.10. The molecule has 9 heteroatoms. The number of benzene rings is 1. The molecule has 0 atom stereocenters. The largest absolute Gasteiger partial charge is 0.433 e. The van der Waals surface area contributed by atoms with Crippen LogP contribution >= 0.6 is 23.8 Å². The molecule has 0 fully saturated rings. The highest BCUT2D eigenvalue weighted by molar-refractivity contribution is 7.80. The molecule has 0 aliphatic rings. The molecule has 0 bridgehead atoms. The van der Waals surface area contributed by atoms with E-state index >= 15 is 0 Å². The maximum Gasteiger partial charge on any atom is 0.433 e. The van der Waals surface area contributed by atoms with Gasteiger partial charge in [-0.2, -0.15) is 5.10 Å². The summed E-state index contributed by atoms with van der Waals surface area (Å²) in [6, 6.07) is 9.63. The van der Waals surface area contributed by atoms with Crippen molar-refractivity contribution in [3.05, 3.63) is 57.3 Å². The van der Waals surface area contributed by atoms with Crippen molar-refractivity contribution in [3.63, 3.8) is 0 Å². The second-order valence-corrected chi connectivity index (χ2v) is 4.61. The topological polar surface area (TPSA) is 92.7 Å². The van der Waals surface area contributed by atoms with Crippen LogP contribution in [0.15, 0.2) is 45.9 Å². The van der Waals surface area contributed by atoms with Crippen molar-refractivity contribution in [1.82, 2.24) is 5.43 Å². The normalized spacial score (nSPS) is 10.5. The smallest absolute Gasteiger partial charge is 0.400 e. The Hall–Kier alpha value is -2.45. The Morgan fingerprint density at radius 3 is 2.67 bits per heavy atom. The van der Waals surface area contributed by atoms with E-state index in [1.807, 2.05) is 0 Å². The average molecular weight is 325 g/mol. The van der Waals surface area contributed by atoms with Crippen LogP contribution < -0.4 is 10.7 Å². The molecule has 0 saturated heterocycles. The molecule has 1 aromatic heterocycles. The van der Waals surface area contributed by atoms with E-state index in [4.69, 9.17) is 28.2 Å². The van der Waals surface area contributed by atoms with E-state index in [0.29, 0.717) is 5.02 Å². The maximum atomic E-state index is 10.4. The molecule has 7 nitrogen and oxygen atoms in total. The molecule has 2 rings (SSSR count). The maximum absolute atomic E-state index is 10.4. The van der Waals surface area contributed by atoms with E-state index in [9.17, 15) is 10.1 Å². The van der Waals surface area contributed by atoms with Gasteiger partial charge in [-0.1, -0.05) is 11.6 Å². The van der Waals surface area contributed by atoms with E-state index in [-0.39, 0.29) is 16.8 Å². The first-order chi connectivity index (χ1) is 10.0. The second kappa shape index (κ2) is 6.82. The van der Waals surface area contributed by atoms with Crippen molar-refractivity contribution in [2.24, 2.45) is 5.10 Å². The summed E-state index contributed by atoms with van der Waals surface area (Å²) in [7, 11) is 0. The van der Waals surface area contributed by atoms with Crippen molar-refractivity contribution >= 4 is 46.7 Å². The van der Waals surface area contributed by atoms with Crippen molar-refractivity contribution in [3.8, 4) is 0 Å². The zero-order valence-electron chi connectivity index (χ0n) is 10.4. The Kier molecular flexibility index (Phi) is 4.85. The first-order valence-corrected chi connectivity index (χ1v) is 6.43. The molecular weight excluding hydrogens is 316 g/mol. The number of halogens is 1. The van der Waals surface area contributed by atoms with Gasteiger partial charge in [-0.3, -0.25) is 15.5 Å². The molecule has 2 N–H and O–H groups in total. The zero-order valence-corrected chi connectivity index (χ0v) is 12.0. The van der Waals surface area contributed by atoms with E-state index < -0.39 is 4.92 Å². The lowest BCUT2D eigenvalue weighted by Crippen LogP contribution is -2.23. The van der Waals surface area contributed by atoms with E-state index in [0.717, 1.165) is 5.69 Å². The molecule has 0 aliphatic heterocycles. The average Bonchev–Trinajstić information content (AvgIpc) is 2.90. The molecule has 1 aromatic carbocycles. The van der Waals surface area contributed by atoms with Gasteiger partial charge in [0.25, 0.3) is 0 Å². The van der Waals surface area contributed by atoms with E-state index in [1.54, 1.807) is 24.3 Å². The third-order valence-electron chi connectivity index (χ3n) is 2.25. The van der Waals surface area contributed by atoms with Gasteiger partial charge in [0.1, 0.15) is 4.92 Å². The minimum Gasteiger partial charge on any atom is -0.400 e. The Bertz CT molecular complexity index is 684. The van der Waals surface area contributed by atoms with Crippen LogP contribution in [0.4, 0.5) is 11.6 Å². The van der Waals surface area contributed by atoms with Crippen LogP contribution in [0.3, 0.4) is 0 Å². The molecule has 21 heavy (non-hydrogen) atoms. The molecule has 108 valence electrons. The number of hydrazone groups is 1. The number of hydrogen-bond donors (Lipinski definition) is 2. The molecule has 0 unspecified atom stereocenters. The first-order valence-electron chi connectivity index (χ1n) is 5.64. The van der Waals surface area contributed by atoms with Crippen molar-refractivity contribution in [1.29, 1.82) is 0 Å². The lowest BCUT2D eigenvalue weighted by Gasteiger charge is -2.06. The zero-order chi connectivity index (χ0) is 15.2. The fourth-order valence-electron chi connectivity index (χ4n) is 1.36. The Morgan fingerprint density at radius 2 is 2.05 bits per heavy atom. The summed E-state index contributed by atoms with van der Waals surface area (Å²) >= 11 is 10.8. The van der Waals surface area contributed by atoms with Gasteiger partial charge in [-0.15, -0.1) is 0 Å². The predicted molar refractivity (Wildman–Crippen MR) is 83.8 cm³/mol. The third-order valence-corrected chi connectivity index (χ3v) is 2.70. The van der Waals surface area contributed by atoms with Gasteiger partial charge in [0.2, 0.25) is 0 Å². The predicted octanol–water partition coefficient (Wildman–Crippen LogP) is 3.16. The van der Waals surface area contributed by atoms with Gasteiger partial charge in [0.15, 0.2) is 10.9 Å². The van der Waals surface area contributed by atoms with Gasteiger partial charge in [-0.05, 0) is 42.5 Å². The number of nitrogens with zero attached hydrogens (tertiary/aromatic N) is 2. The van der Waals surface area contributed by atoms with Crippen LogP contribution in [0.25, 0.3) is 0 Å². The van der Waals surface area contributed by atoms with Crippen LogP contribution in [0.1, 0.15) is 5.76 Å². The number of nitro groups is 1. The Balaban J connectivity index is 1.86. The summed E-state index contributed by atoms with van der Waals surface area (Å²) in [6.07, 6.45) is 1.28. The number of furan rings is 1. The van der Waals surface area contributed by atoms with Gasteiger partial charge in [0, 0.05) is 10.7 Å². The third kappa shape index (κ3) is 4.55. The highest BCUT2D eigenvalue weighted by atomic mass is 35.5. The quantitative estimate of drug-likeness (QED) is 0.388. The number of anilines is 1. The molecule has 0 saturated carbocycles. The van der Waals surface area contributed by atoms with Crippen LogP contribution in [0.5, 0.6) is 0 Å². The molecular formula is C12H9ClN4O3S. The highest BCUT2D eigenvalue weighted by Crippen LogP contribution is 2.14. The number of nitrogens with one attached hydrogen (secondary N) is 2. The van der Waals surface area contributed by atoms with Crippen LogP contribution in [0.2, 0.25) is 5.02 Å². The monoisotopic (exact) mass is 324 g/mol. The number of hydrogen-bond acceptors (Lipinski definition) is 5. The standard InChI is InChI=1S/C12H9ClN4O3S/c13-8-1-3-9(4-2-8)15-12(21)16-14-7-10-5-6-11(20-10)17(18)19/h1-7H,(H2,15,16,21)/b14-7-. The summed E-state index contributed by atoms with van der Waals surface area (Å²) in [5.41, 5.74) is 3.31. The van der Waals surface area contributed by atoms with Crippen molar-refractivity contribution < 1.29 is 9.34 Å². The Labute approximate surface area is 129 Å². The molecule has 1 heterocycles. The van der Waals surface area contributed by atoms with Gasteiger partial charge in [-0.25, -0.2) is 0 Å². The summed E-state index contributed by atoms with van der Waals surface area (Å²) in [4.78, 5) is 9.81. The minimum atomic E-state index is -0.627. The lowest BCUT2D eigenvalue weighted by atomic mass is 10.3. The fraction of sp³-hybridized carbons (Fsp3) is 0. The molecule has 0 spiro atoms. The van der Waals surface area contributed by atoms with Crippen LogP contribution in [-0.2, 0) is 0 Å². The molecule has 2 aromatic rings. The van der Waals surface area contributed by atoms with E-state index in [1.165, 1.54) is 18.3 Å². The van der Waals surface area contributed by atoms with Gasteiger partial charge in [0.05, 0.1) is 12.3 Å². The summed E-state index contributed by atoms with van der Waals surface area (Å²) < 4.78 is 4.89. The number of rotatable bonds is 4. The van der Waals surface area contributed by atoms with Gasteiger partial charge < -0.3 is 9.73 Å². The van der Waals surface area contributed by atoms with Gasteiger partial charge >= 0.3 is 5.88 Å². The van der Waals surface area contributed by atoms with Crippen molar-refractivity contribution in [2.75, 3.05) is 5.32 Å². The van der Waals surface area contributed by atoms with E-state index in [2.05, 4.69) is 15.8 Å². The van der Waals surface area contributed by atoms with Crippen LogP contribution in [-0.4, -0.2) is 16.3 Å². The minimum absolute atomic E-state index is 0.239. The van der Waals surface area contributed by atoms with Crippen LogP contribution in [0, 0.1) is 10.1 Å². The molecule has 0 aliphatic carbocycles. The second-order valence-electron chi connectivity index (χ2n) is 3.76. The summed E-state index contributed by atoms with van der Waals surface area (Å²) in [5.74, 6) is -0.109. The number of thiocarbonyl (C=S) groups is 1. The first kappa shape index (κ1) is 14.9. The van der Waals surface area contributed by atoms with Crippen molar-refractivity contribution in [2.45, 2.75) is 0 Å². The summed E-state index contributed by atoms with van der Waals surface area (Å²) in [6.45, 7) is 0.